The minimum absolute atomic E-state index is 0.0159. The van der Waals surface area contributed by atoms with Gasteiger partial charge < -0.3 is 94.8 Å². The number of nitrogens with two attached hydrogens (primary N) is 4. The van der Waals surface area contributed by atoms with E-state index in [4.69, 9.17) is 41.9 Å². The van der Waals surface area contributed by atoms with Crippen molar-refractivity contribution in [3.63, 3.8) is 0 Å². The first-order valence-electron chi connectivity index (χ1n) is 32.9. The molecule has 0 saturated carbocycles. The first-order chi connectivity index (χ1) is 48.0. The third kappa shape index (κ3) is 34.4. The monoisotopic (exact) mass is 1390 g/mol. The van der Waals surface area contributed by atoms with Crippen LogP contribution in [0.5, 0.6) is 0 Å². The van der Waals surface area contributed by atoms with Crippen LogP contribution in [0, 0.1) is 0 Å². The zero-order chi connectivity index (χ0) is 73.0. The average Bonchev–Trinajstić information content (AvgIpc) is 0.864. The Balaban J connectivity index is 1.62. The quantitative estimate of drug-likeness (QED) is 0.0207. The SMILES string of the molecule is CC(=O)COCCOCCN[C@@H](Cc1ccccc1)C(=O)N[C@@H](CCC(=O)O)C(=O)N[C@@H](Cc1ccccc1)C(=O)N[C@@H](CCC(N)=O)C(=O)N[C@@H](Cc1ccccc1)C(=O)N[C@@H](CC(N)=O)C(=O)N[C@@H](Cc1ccccc1)C(=O)N[C@@H](CCCCN)C(=O)NCCOCCOCC(N)=O. The molecule has 18 N–H and O–H groups in total. The molecule has 0 saturated heterocycles. The first kappa shape index (κ1) is 82.4. The molecule has 0 fully saturated rings. The number of aliphatic carboxylic acids is 1. The van der Waals surface area contributed by atoms with Crippen LogP contribution in [0.2, 0.25) is 0 Å². The maximum atomic E-state index is 14.8. The van der Waals surface area contributed by atoms with Gasteiger partial charge in [0.2, 0.25) is 65.0 Å². The number of carbonyl (C=O) groups is 13. The molecule has 0 aliphatic heterocycles. The molecule has 31 nitrogen and oxygen atoms in total. The number of amides is 11. The third-order valence-corrected chi connectivity index (χ3v) is 15.0. The molecule has 8 atom stereocenters. The molecule has 0 heterocycles. The van der Waals surface area contributed by atoms with Crippen molar-refractivity contribution in [2.24, 2.45) is 22.9 Å². The van der Waals surface area contributed by atoms with Gasteiger partial charge in [-0.25, -0.2) is 0 Å². The molecule has 4 aromatic carbocycles. The summed E-state index contributed by atoms with van der Waals surface area (Å²) < 4.78 is 21.4. The molecule has 31 heteroatoms. The number of carboxylic acids is 1. The predicted molar refractivity (Wildman–Crippen MR) is 364 cm³/mol. The van der Waals surface area contributed by atoms with Crippen molar-refractivity contribution in [3.05, 3.63) is 144 Å². The van der Waals surface area contributed by atoms with Crippen molar-refractivity contribution in [2.75, 3.05) is 72.5 Å². The van der Waals surface area contributed by atoms with Crippen LogP contribution < -0.4 is 70.8 Å². The van der Waals surface area contributed by atoms with Gasteiger partial charge in [0.1, 0.15) is 55.5 Å². The number of primary amides is 3. The lowest BCUT2D eigenvalue weighted by Crippen LogP contribution is -2.61. The number of benzene rings is 4. The van der Waals surface area contributed by atoms with Crippen LogP contribution >= 0.6 is 0 Å². The molecule has 100 heavy (non-hydrogen) atoms. The van der Waals surface area contributed by atoms with Gasteiger partial charge in [-0.1, -0.05) is 121 Å². The first-order valence-corrected chi connectivity index (χ1v) is 32.9. The molecular formula is C69H95N13O18. The van der Waals surface area contributed by atoms with E-state index in [2.05, 4.69) is 47.9 Å². The smallest absolute Gasteiger partial charge is 0.303 e. The van der Waals surface area contributed by atoms with E-state index in [9.17, 15) is 67.4 Å². The van der Waals surface area contributed by atoms with Crippen molar-refractivity contribution >= 4 is 76.7 Å². The predicted octanol–water partition coefficient (Wildman–Crippen LogP) is -2.30. The summed E-state index contributed by atoms with van der Waals surface area (Å²) in [5.41, 5.74) is 24.3. The Morgan fingerprint density at radius 2 is 0.720 bits per heavy atom. The number of carboxylic acid groups (broad SMARTS) is 1. The fraction of sp³-hybridized carbons (Fsp3) is 0.464. The number of unbranched alkanes of at least 4 members (excludes halogenated alkanes) is 1. The zero-order valence-electron chi connectivity index (χ0n) is 56.1. The van der Waals surface area contributed by atoms with Crippen LogP contribution in [-0.2, 0) is 107 Å². The molecule has 0 aliphatic rings. The maximum Gasteiger partial charge on any atom is 0.303 e. The molecule has 11 amide bonds. The minimum Gasteiger partial charge on any atom is -0.481 e. The number of hydrogen-bond donors (Lipinski definition) is 14. The molecular weight excluding hydrogens is 1300 g/mol. The van der Waals surface area contributed by atoms with Crippen molar-refractivity contribution in [2.45, 2.75) is 132 Å². The van der Waals surface area contributed by atoms with E-state index in [0.717, 1.165) is 5.56 Å². The molecule has 0 unspecified atom stereocenters. The highest BCUT2D eigenvalue weighted by Gasteiger charge is 2.36. The van der Waals surface area contributed by atoms with Crippen molar-refractivity contribution in [1.29, 1.82) is 0 Å². The number of carbonyl (C=O) groups excluding carboxylic acids is 12. The highest BCUT2D eigenvalue weighted by atomic mass is 16.5. The normalized spacial score (nSPS) is 13.4. The molecule has 4 rings (SSSR count). The molecule has 4 aromatic rings. The van der Waals surface area contributed by atoms with Crippen LogP contribution in [0.4, 0.5) is 0 Å². The van der Waals surface area contributed by atoms with Gasteiger partial charge in [-0.2, -0.15) is 0 Å². The fourth-order valence-corrected chi connectivity index (χ4v) is 9.96. The second kappa shape index (κ2) is 47.0. The maximum absolute atomic E-state index is 14.8. The molecule has 0 spiro atoms. The summed E-state index contributed by atoms with van der Waals surface area (Å²) in [5, 5.41) is 33.9. The summed E-state index contributed by atoms with van der Waals surface area (Å²) in [5.74, 6) is -11.4. The van der Waals surface area contributed by atoms with Gasteiger partial charge in [-0.05, 0) is 74.2 Å². The second-order valence-corrected chi connectivity index (χ2v) is 23.4. The van der Waals surface area contributed by atoms with Crippen molar-refractivity contribution < 1.29 is 86.4 Å². The zero-order valence-corrected chi connectivity index (χ0v) is 56.1. The van der Waals surface area contributed by atoms with Crippen LogP contribution in [-0.4, -0.2) is 203 Å². The van der Waals surface area contributed by atoms with Gasteiger partial charge >= 0.3 is 5.97 Å². The fourth-order valence-electron chi connectivity index (χ4n) is 9.96. The molecule has 544 valence electrons. The van der Waals surface area contributed by atoms with E-state index < -0.39 is 151 Å². The number of hydrogen-bond acceptors (Lipinski definition) is 19. The lowest BCUT2D eigenvalue weighted by Gasteiger charge is -2.28. The Bertz CT molecular complexity index is 3250. The average molecular weight is 1390 g/mol. The second-order valence-electron chi connectivity index (χ2n) is 23.4. The molecule has 0 aromatic heterocycles. The highest BCUT2D eigenvalue weighted by molar-refractivity contribution is 5.99. The summed E-state index contributed by atoms with van der Waals surface area (Å²) in [7, 11) is 0. The Labute approximate surface area is 580 Å². The number of nitrogens with one attached hydrogen (secondary N) is 9. The standard InChI is InChI=1S/C69H95N13O18/c1-45(83)43-99-36-34-97-32-30-74-53(38-46-16-6-2-7-17-46)65(92)77-52(26-28-61(87)88)64(91)79-54(39-47-18-8-3-9-19-47)67(94)78-51(25-27-58(71)84)63(90)80-56(41-49-22-12-5-13-23-49)68(95)82-57(42-59(72)85)69(96)81-55(40-48-20-10-4-11-21-48)66(93)76-50(24-14-15-29-70)62(89)75-31-33-98-35-37-100-44-60(73)86/h2-13,16-23,50-57,74H,14-15,24-44,70H2,1H3,(H2,71,84)(H2,72,85)(H2,73,86)(H,75,89)(H,76,93)(H,77,92)(H,78,94)(H,79,91)(H,80,90)(H,81,96)(H,82,95)(H,87,88)/t50-,51-,52-,53-,54-,55-,56-,57-/m0/s1. The number of rotatable bonds is 52. The van der Waals surface area contributed by atoms with Gasteiger partial charge in [0, 0.05) is 45.2 Å². The summed E-state index contributed by atoms with van der Waals surface area (Å²) in [6.45, 7) is 2.07. The Morgan fingerprint density at radius 3 is 1.12 bits per heavy atom. The summed E-state index contributed by atoms with van der Waals surface area (Å²) >= 11 is 0. The van der Waals surface area contributed by atoms with Crippen molar-refractivity contribution in [3.8, 4) is 0 Å². The van der Waals surface area contributed by atoms with E-state index in [0.29, 0.717) is 29.5 Å². The summed E-state index contributed by atoms with van der Waals surface area (Å²) in [6.07, 6.45) is -2.37. The van der Waals surface area contributed by atoms with Crippen LogP contribution in [0.25, 0.3) is 0 Å². The van der Waals surface area contributed by atoms with E-state index >= 15 is 0 Å². The molecule has 0 aliphatic carbocycles. The summed E-state index contributed by atoms with van der Waals surface area (Å²) in [6, 6.07) is 22.1. The van der Waals surface area contributed by atoms with Gasteiger partial charge in [0.15, 0.2) is 5.78 Å². The Kier molecular flexibility index (Phi) is 38.7. The van der Waals surface area contributed by atoms with E-state index in [1.807, 2.05) is 0 Å². The highest BCUT2D eigenvalue weighted by Crippen LogP contribution is 2.13. The van der Waals surface area contributed by atoms with Crippen LogP contribution in [0.15, 0.2) is 121 Å². The van der Waals surface area contributed by atoms with Gasteiger partial charge in [0.05, 0.1) is 52.1 Å². The van der Waals surface area contributed by atoms with Crippen LogP contribution in [0.3, 0.4) is 0 Å². The molecule has 0 bridgehead atoms. The van der Waals surface area contributed by atoms with Gasteiger partial charge in [0.25, 0.3) is 0 Å². The summed E-state index contributed by atoms with van der Waals surface area (Å²) in [4.78, 5) is 175. The third-order valence-electron chi connectivity index (χ3n) is 15.0. The van der Waals surface area contributed by atoms with Crippen molar-refractivity contribution in [1.82, 2.24) is 47.9 Å². The topological polar surface area (TPSA) is 491 Å². The number of ketones is 1. The Hall–Kier alpha value is -10.0. The lowest BCUT2D eigenvalue weighted by molar-refractivity contribution is -0.138. The Morgan fingerprint density at radius 1 is 0.370 bits per heavy atom. The van der Waals surface area contributed by atoms with Crippen LogP contribution in [0.1, 0.15) is 80.5 Å². The van der Waals surface area contributed by atoms with E-state index in [1.165, 1.54) is 6.92 Å². The van der Waals surface area contributed by atoms with Gasteiger partial charge in [-0.3, -0.25) is 62.3 Å². The van der Waals surface area contributed by atoms with E-state index in [-0.39, 0.29) is 110 Å². The minimum atomic E-state index is -1.81. The largest absolute Gasteiger partial charge is 0.481 e. The number of ether oxygens (including phenoxy) is 4. The number of Topliss-reactive ketones (excluding diaryl/α,β-unsaturated/α-hetero) is 1. The molecule has 0 radical (unpaired) electrons. The van der Waals surface area contributed by atoms with Gasteiger partial charge in [-0.15, -0.1) is 0 Å². The lowest BCUT2D eigenvalue weighted by atomic mass is 10.0. The van der Waals surface area contributed by atoms with E-state index in [1.54, 1.807) is 121 Å².